The van der Waals surface area contributed by atoms with Gasteiger partial charge in [-0.05, 0) is 0 Å². The summed E-state index contributed by atoms with van der Waals surface area (Å²) in [5, 5.41) is 16.0. The van der Waals surface area contributed by atoms with Crippen molar-refractivity contribution in [2.24, 2.45) is 5.73 Å². The summed E-state index contributed by atoms with van der Waals surface area (Å²) in [6, 6.07) is 5.46. The first-order valence-corrected chi connectivity index (χ1v) is 8.48. The van der Waals surface area contributed by atoms with E-state index in [0.29, 0.717) is 5.69 Å². The van der Waals surface area contributed by atoms with Gasteiger partial charge in [-0.1, -0.05) is 0 Å². The minimum atomic E-state index is -4.86. The molecule has 1 rings (SSSR count). The Kier molecular flexibility index (Phi) is 7.63. The molecule has 0 aromatic heterocycles. The molecule has 1 unspecified atom stereocenters. The summed E-state index contributed by atoms with van der Waals surface area (Å²) >= 11 is -4.86. The molecule has 0 fully saturated rings. The monoisotopic (exact) mass is 350 g/mol. The van der Waals surface area contributed by atoms with E-state index in [-0.39, 0.29) is 10.9 Å². The summed E-state index contributed by atoms with van der Waals surface area (Å²) in [6.45, 7) is -1.21. The molecule has 112 valence electrons. The average molecular weight is 350 g/mol. The van der Waals surface area contributed by atoms with Crippen LogP contribution in [0, 0.1) is 0 Å². The number of carboxylic acids is 1. The number of aliphatic hydroxyl groups is 1. The van der Waals surface area contributed by atoms with Crippen molar-refractivity contribution in [3.05, 3.63) is 24.3 Å². The van der Waals surface area contributed by atoms with Crippen molar-refractivity contribution >= 4 is 36.1 Å². The second-order valence-corrected chi connectivity index (χ2v) is 6.98. The van der Waals surface area contributed by atoms with Crippen LogP contribution >= 0.6 is 0 Å². The molecule has 0 amide bonds. The van der Waals surface area contributed by atoms with Crippen LogP contribution in [0.5, 0.6) is 0 Å². The Morgan fingerprint density at radius 3 is 2.05 bits per heavy atom. The Balaban J connectivity index is 0.000000621. The van der Waals surface area contributed by atoms with E-state index >= 15 is 0 Å². The molecule has 0 spiro atoms. The van der Waals surface area contributed by atoms with Gasteiger partial charge in [-0.3, -0.25) is 4.79 Å². The average Bonchev–Trinajstić information content (AvgIpc) is 2.39. The van der Waals surface area contributed by atoms with Gasteiger partial charge in [0, 0.05) is 0 Å². The molecule has 0 aliphatic heterocycles. The van der Waals surface area contributed by atoms with Crippen molar-refractivity contribution < 1.29 is 31.4 Å². The third-order valence-electron chi connectivity index (χ3n) is 1.75. The van der Waals surface area contributed by atoms with Crippen molar-refractivity contribution in [1.82, 2.24) is 0 Å². The van der Waals surface area contributed by atoms with E-state index in [2.05, 4.69) is 9.46 Å². The molecular formula is C10H15AsN2O7. The Labute approximate surface area is 117 Å². The second-order valence-electron chi connectivity index (χ2n) is 3.33. The van der Waals surface area contributed by atoms with Gasteiger partial charge in [-0.15, -0.1) is 0 Å². The number of carbonyl (C=O) groups excluding carboxylic acids is 1. The predicted molar refractivity (Wildman–Crippen MR) is 69.0 cm³/mol. The predicted octanol–water partition coefficient (Wildman–Crippen LogP) is -2.60. The number of carbonyl (C=O) groups is 2. The second kappa shape index (κ2) is 8.39. The van der Waals surface area contributed by atoms with E-state index in [1.165, 1.54) is 24.3 Å². The summed E-state index contributed by atoms with van der Waals surface area (Å²) in [4.78, 5) is 19.9. The fraction of sp³-hybridized carbons (Fsp3) is 0.200. The van der Waals surface area contributed by atoms with E-state index < -0.39 is 32.7 Å². The van der Waals surface area contributed by atoms with Crippen molar-refractivity contribution in [1.29, 1.82) is 0 Å². The molecule has 0 saturated carbocycles. The number of anilines is 1. The van der Waals surface area contributed by atoms with Gasteiger partial charge in [0.2, 0.25) is 0 Å². The number of rotatable bonds is 4. The zero-order valence-electron chi connectivity index (χ0n) is 10.3. The fourth-order valence-corrected chi connectivity index (χ4v) is 2.91. The van der Waals surface area contributed by atoms with Gasteiger partial charge in [-0.2, -0.15) is 0 Å². The normalized spacial score (nSPS) is 12.6. The zero-order chi connectivity index (χ0) is 15.8. The fourth-order valence-electron chi connectivity index (χ4n) is 0.882. The molecule has 0 saturated heterocycles. The van der Waals surface area contributed by atoms with Crippen LogP contribution in [-0.4, -0.2) is 53.6 Å². The number of nitrogens with two attached hydrogens (primary N) is 2. The topological polar surface area (TPSA) is 173 Å². The molecule has 0 aliphatic rings. The van der Waals surface area contributed by atoms with E-state index in [9.17, 15) is 17.4 Å². The van der Waals surface area contributed by atoms with Crippen LogP contribution in [0.1, 0.15) is 0 Å². The van der Waals surface area contributed by atoms with Gasteiger partial charge >= 0.3 is 94.2 Å². The number of nitrogen functional groups attached to an aromatic ring is 1. The van der Waals surface area contributed by atoms with Crippen LogP contribution in [0.3, 0.4) is 0 Å². The number of carboxylic acid groups (broad SMARTS) is 1. The van der Waals surface area contributed by atoms with Gasteiger partial charge in [0.15, 0.2) is 0 Å². The molecule has 0 bridgehead atoms. The molecule has 1 aromatic carbocycles. The summed E-state index contributed by atoms with van der Waals surface area (Å²) in [5.74, 6) is -2.10. The molecule has 0 radical (unpaired) electrons. The maximum absolute atomic E-state index is 11.5. The SMILES string of the molecule is NCC(=O)O.Nc1ccc([As](=O)(O)OC(=O)CO)cc1. The van der Waals surface area contributed by atoms with Gasteiger partial charge in [0.05, 0.1) is 6.54 Å². The van der Waals surface area contributed by atoms with E-state index in [1.807, 2.05) is 0 Å². The molecular weight excluding hydrogens is 335 g/mol. The Hall–Kier alpha value is -1.80. The molecule has 20 heavy (non-hydrogen) atoms. The zero-order valence-corrected chi connectivity index (χ0v) is 12.2. The molecule has 7 N–H and O–H groups in total. The van der Waals surface area contributed by atoms with Gasteiger partial charge < -0.3 is 10.8 Å². The van der Waals surface area contributed by atoms with Crippen LogP contribution in [0.25, 0.3) is 0 Å². The van der Waals surface area contributed by atoms with Crippen LogP contribution in [0.4, 0.5) is 5.69 Å². The summed E-state index contributed by atoms with van der Waals surface area (Å²) in [7, 11) is 0. The Bertz CT molecular complexity index is 503. The number of benzene rings is 1. The van der Waals surface area contributed by atoms with E-state index in [4.69, 9.17) is 15.9 Å². The Morgan fingerprint density at radius 2 is 1.70 bits per heavy atom. The molecule has 1 aromatic rings. The van der Waals surface area contributed by atoms with Crippen LogP contribution in [0.2, 0.25) is 0 Å². The molecule has 0 aliphatic carbocycles. The van der Waals surface area contributed by atoms with Crippen LogP contribution in [-0.2, 0) is 17.1 Å². The number of hydrogen-bond acceptors (Lipinski definition) is 7. The Morgan fingerprint density at radius 1 is 1.25 bits per heavy atom. The third-order valence-corrected chi connectivity index (χ3v) is 4.69. The summed E-state index contributed by atoms with van der Waals surface area (Å²) in [6.07, 6.45) is 0. The molecule has 9 nitrogen and oxygen atoms in total. The van der Waals surface area contributed by atoms with Gasteiger partial charge in [0.25, 0.3) is 0 Å². The number of aliphatic carboxylic acids is 1. The first-order chi connectivity index (χ1) is 9.22. The van der Waals surface area contributed by atoms with Crippen molar-refractivity contribution in [2.75, 3.05) is 18.9 Å². The third kappa shape index (κ3) is 6.95. The van der Waals surface area contributed by atoms with E-state index in [0.717, 1.165) is 0 Å². The molecule has 1 atom stereocenters. The first-order valence-electron chi connectivity index (χ1n) is 5.17. The molecule has 10 heteroatoms. The summed E-state index contributed by atoms with van der Waals surface area (Å²) < 4.78 is 25.2. The first kappa shape index (κ1) is 18.2. The quantitative estimate of drug-likeness (QED) is 0.288. The summed E-state index contributed by atoms with van der Waals surface area (Å²) in [5.41, 5.74) is 10.4. The van der Waals surface area contributed by atoms with Crippen molar-refractivity contribution in [2.45, 2.75) is 0 Å². The minimum absolute atomic E-state index is 0.00382. The standard InChI is InChI=1S/C8H10AsNO5.C2H5NO2/c10-7-3-1-6(2-4-7)9(13,14)15-8(12)5-11;3-1-2(4)5/h1-4,11H,5,10H2,(H,13,14);1,3H2,(H,4,5). The van der Waals surface area contributed by atoms with Crippen molar-refractivity contribution in [3.8, 4) is 0 Å². The maximum atomic E-state index is 11.5. The molecule has 0 heterocycles. The van der Waals surface area contributed by atoms with E-state index in [1.54, 1.807) is 0 Å². The van der Waals surface area contributed by atoms with Crippen LogP contribution < -0.4 is 15.8 Å². The van der Waals surface area contributed by atoms with Gasteiger partial charge in [0.1, 0.15) is 0 Å². The number of hydrogen-bond donors (Lipinski definition) is 5. The number of aliphatic hydroxyl groups excluding tert-OH is 1. The van der Waals surface area contributed by atoms with Gasteiger partial charge in [-0.25, -0.2) is 0 Å². The van der Waals surface area contributed by atoms with Crippen molar-refractivity contribution in [3.63, 3.8) is 0 Å². The van der Waals surface area contributed by atoms with Crippen LogP contribution in [0.15, 0.2) is 24.3 Å².